The molecule has 0 aromatic rings. The van der Waals surface area contributed by atoms with E-state index in [4.69, 9.17) is 5.11 Å². The highest BCUT2D eigenvalue weighted by atomic mass is 16.4. The lowest BCUT2D eigenvalue weighted by Gasteiger charge is -2.09. The second kappa shape index (κ2) is 2.75. The van der Waals surface area contributed by atoms with Crippen molar-refractivity contribution in [3.05, 3.63) is 23.3 Å². The quantitative estimate of drug-likeness (QED) is 0.601. The monoisotopic (exact) mass is 165 g/mol. The molecule has 1 aliphatic carbocycles. The molecule has 3 heteroatoms. The fourth-order valence-corrected chi connectivity index (χ4v) is 1.78. The summed E-state index contributed by atoms with van der Waals surface area (Å²) < 4.78 is 0. The molecular weight excluding hydrogens is 154 g/mol. The van der Waals surface area contributed by atoms with E-state index in [-0.39, 0.29) is 0 Å². The van der Waals surface area contributed by atoms with Crippen molar-refractivity contribution in [2.45, 2.75) is 18.9 Å². The summed E-state index contributed by atoms with van der Waals surface area (Å²) in [5, 5.41) is 11.8. The second-order valence-electron chi connectivity index (χ2n) is 3.15. The van der Waals surface area contributed by atoms with Crippen LogP contribution in [0.15, 0.2) is 23.3 Å². The van der Waals surface area contributed by atoms with Crippen LogP contribution in [-0.2, 0) is 4.79 Å². The molecule has 1 aliphatic heterocycles. The first kappa shape index (κ1) is 7.55. The van der Waals surface area contributed by atoms with Crippen molar-refractivity contribution in [3.8, 4) is 0 Å². The number of hydrogen-bond donors (Lipinski definition) is 2. The highest BCUT2D eigenvalue weighted by molar-refractivity contribution is 5.80. The third-order valence-corrected chi connectivity index (χ3v) is 2.40. The van der Waals surface area contributed by atoms with Crippen LogP contribution in [0.25, 0.3) is 0 Å². The van der Waals surface area contributed by atoms with E-state index in [1.165, 1.54) is 5.57 Å². The van der Waals surface area contributed by atoms with Crippen LogP contribution in [0.3, 0.4) is 0 Å². The van der Waals surface area contributed by atoms with Crippen LogP contribution in [0, 0.1) is 0 Å². The molecule has 0 radical (unpaired) electrons. The van der Waals surface area contributed by atoms with Crippen LogP contribution >= 0.6 is 0 Å². The zero-order valence-corrected chi connectivity index (χ0v) is 6.71. The zero-order valence-electron chi connectivity index (χ0n) is 6.71. The molecule has 64 valence electrons. The van der Waals surface area contributed by atoms with Crippen molar-refractivity contribution < 1.29 is 9.90 Å². The van der Waals surface area contributed by atoms with E-state index in [9.17, 15) is 4.79 Å². The zero-order chi connectivity index (χ0) is 8.55. The number of aliphatic carboxylic acids is 1. The minimum atomic E-state index is -0.772. The SMILES string of the molecule is O=C(O)C1NCC2=C1C=CCC2. The number of rotatable bonds is 1. The maximum absolute atomic E-state index is 10.7. The lowest BCUT2D eigenvalue weighted by Crippen LogP contribution is -2.33. The smallest absolute Gasteiger partial charge is 0.325 e. The average Bonchev–Trinajstić information content (AvgIpc) is 2.47. The summed E-state index contributed by atoms with van der Waals surface area (Å²) in [6.07, 6.45) is 6.05. The Balaban J connectivity index is 2.28. The maximum Gasteiger partial charge on any atom is 0.325 e. The van der Waals surface area contributed by atoms with Crippen molar-refractivity contribution in [3.63, 3.8) is 0 Å². The van der Waals surface area contributed by atoms with E-state index in [1.54, 1.807) is 0 Å². The fourth-order valence-electron chi connectivity index (χ4n) is 1.78. The Kier molecular flexibility index (Phi) is 1.73. The van der Waals surface area contributed by atoms with E-state index in [0.29, 0.717) is 0 Å². The largest absolute Gasteiger partial charge is 0.480 e. The van der Waals surface area contributed by atoms with Gasteiger partial charge in [0.1, 0.15) is 6.04 Å². The van der Waals surface area contributed by atoms with Gasteiger partial charge in [-0.1, -0.05) is 17.7 Å². The molecule has 1 unspecified atom stereocenters. The number of carboxylic acids is 1. The highest BCUT2D eigenvalue weighted by Crippen LogP contribution is 2.25. The molecule has 12 heavy (non-hydrogen) atoms. The van der Waals surface area contributed by atoms with Crippen LogP contribution in [0.2, 0.25) is 0 Å². The van der Waals surface area contributed by atoms with E-state index in [2.05, 4.69) is 5.32 Å². The summed E-state index contributed by atoms with van der Waals surface area (Å²) in [4.78, 5) is 10.7. The number of hydrogen-bond acceptors (Lipinski definition) is 2. The molecule has 0 aromatic carbocycles. The molecule has 0 spiro atoms. The Labute approximate surface area is 70.8 Å². The number of carboxylic acid groups (broad SMARTS) is 1. The normalized spacial score (nSPS) is 27.5. The molecule has 2 N–H and O–H groups in total. The van der Waals surface area contributed by atoms with Gasteiger partial charge in [0.25, 0.3) is 0 Å². The Bertz CT molecular complexity index is 278. The van der Waals surface area contributed by atoms with Gasteiger partial charge in [-0.2, -0.15) is 0 Å². The lowest BCUT2D eigenvalue weighted by molar-refractivity contribution is -0.138. The van der Waals surface area contributed by atoms with Gasteiger partial charge < -0.3 is 5.11 Å². The molecule has 0 aromatic heterocycles. The van der Waals surface area contributed by atoms with Gasteiger partial charge in [-0.05, 0) is 18.4 Å². The summed E-state index contributed by atoms with van der Waals surface area (Å²) in [5.41, 5.74) is 2.25. The molecule has 0 amide bonds. The van der Waals surface area contributed by atoms with E-state index in [1.807, 2.05) is 12.2 Å². The molecule has 0 saturated carbocycles. The first-order valence-corrected chi connectivity index (χ1v) is 4.13. The average molecular weight is 165 g/mol. The minimum Gasteiger partial charge on any atom is -0.480 e. The van der Waals surface area contributed by atoms with Crippen molar-refractivity contribution in [2.24, 2.45) is 0 Å². The van der Waals surface area contributed by atoms with Gasteiger partial charge in [0.05, 0.1) is 0 Å². The van der Waals surface area contributed by atoms with Crippen LogP contribution in [0.1, 0.15) is 12.8 Å². The van der Waals surface area contributed by atoms with Crippen LogP contribution in [0.4, 0.5) is 0 Å². The maximum atomic E-state index is 10.7. The summed E-state index contributed by atoms with van der Waals surface area (Å²) in [5.74, 6) is -0.772. The highest BCUT2D eigenvalue weighted by Gasteiger charge is 2.29. The molecule has 2 aliphatic rings. The van der Waals surface area contributed by atoms with Crippen molar-refractivity contribution in [2.75, 3.05) is 6.54 Å². The van der Waals surface area contributed by atoms with E-state index >= 15 is 0 Å². The standard InChI is InChI=1S/C9H11NO2/c11-9(12)8-7-4-2-1-3-6(7)5-10-8/h2,4,8,10H,1,3,5H2,(H,11,12). The Morgan fingerprint density at radius 3 is 3.25 bits per heavy atom. The molecule has 1 atom stereocenters. The third kappa shape index (κ3) is 1.06. The molecule has 1 heterocycles. The van der Waals surface area contributed by atoms with Gasteiger partial charge in [0.15, 0.2) is 0 Å². The Hall–Kier alpha value is -1.09. The van der Waals surface area contributed by atoms with Gasteiger partial charge in [-0.25, -0.2) is 0 Å². The lowest BCUT2D eigenvalue weighted by atomic mass is 9.97. The summed E-state index contributed by atoms with van der Waals surface area (Å²) in [6, 6.07) is -0.462. The van der Waals surface area contributed by atoms with Crippen molar-refractivity contribution >= 4 is 5.97 Å². The first-order valence-electron chi connectivity index (χ1n) is 4.13. The Morgan fingerprint density at radius 1 is 1.67 bits per heavy atom. The molecule has 0 fully saturated rings. The van der Waals surface area contributed by atoms with E-state index < -0.39 is 12.0 Å². The fraction of sp³-hybridized carbons (Fsp3) is 0.444. The molecule has 0 saturated heterocycles. The van der Waals surface area contributed by atoms with Gasteiger partial charge >= 0.3 is 5.97 Å². The molecule has 2 rings (SSSR count). The summed E-state index contributed by atoms with van der Waals surface area (Å²) in [7, 11) is 0. The summed E-state index contributed by atoms with van der Waals surface area (Å²) in [6.45, 7) is 0.747. The topological polar surface area (TPSA) is 49.3 Å². The number of allylic oxidation sites excluding steroid dienone is 1. The first-order chi connectivity index (χ1) is 5.79. The predicted molar refractivity (Wildman–Crippen MR) is 44.8 cm³/mol. The van der Waals surface area contributed by atoms with Crippen LogP contribution < -0.4 is 5.32 Å². The number of carbonyl (C=O) groups is 1. The van der Waals surface area contributed by atoms with E-state index in [0.717, 1.165) is 25.0 Å². The van der Waals surface area contributed by atoms with Crippen LogP contribution in [-0.4, -0.2) is 23.7 Å². The predicted octanol–water partition coefficient (Wildman–Crippen LogP) is 0.689. The molecule has 0 bridgehead atoms. The minimum absolute atomic E-state index is 0.462. The van der Waals surface area contributed by atoms with Gasteiger partial charge in [0, 0.05) is 6.54 Å². The van der Waals surface area contributed by atoms with Crippen molar-refractivity contribution in [1.29, 1.82) is 0 Å². The Morgan fingerprint density at radius 2 is 2.50 bits per heavy atom. The third-order valence-electron chi connectivity index (χ3n) is 2.40. The van der Waals surface area contributed by atoms with Gasteiger partial charge in [-0.3, -0.25) is 10.1 Å². The van der Waals surface area contributed by atoms with Gasteiger partial charge in [-0.15, -0.1) is 0 Å². The van der Waals surface area contributed by atoms with Crippen molar-refractivity contribution in [1.82, 2.24) is 5.32 Å². The summed E-state index contributed by atoms with van der Waals surface area (Å²) >= 11 is 0. The van der Waals surface area contributed by atoms with Gasteiger partial charge in [0.2, 0.25) is 0 Å². The molecular formula is C9H11NO2. The second-order valence-corrected chi connectivity index (χ2v) is 3.15. The van der Waals surface area contributed by atoms with Crippen LogP contribution in [0.5, 0.6) is 0 Å². The molecule has 3 nitrogen and oxygen atoms in total. The number of nitrogens with one attached hydrogen (secondary N) is 1.